The van der Waals surface area contributed by atoms with E-state index < -0.39 is 0 Å². The molecule has 1 aliphatic heterocycles. The first-order chi connectivity index (χ1) is 8.78. The standard InChI is InChI=1S/C11H14N6O/c1-8-14-15-9-7-16(5-6-17(8)9)11-12-4-3-10(13-11)18-2/h3-4H,5-7H2,1-2H3. The second kappa shape index (κ2) is 4.25. The van der Waals surface area contributed by atoms with Gasteiger partial charge in [-0.05, 0) is 6.92 Å². The Balaban J connectivity index is 1.87. The molecule has 0 fully saturated rings. The minimum Gasteiger partial charge on any atom is -0.481 e. The second-order valence-electron chi connectivity index (χ2n) is 4.14. The highest BCUT2D eigenvalue weighted by Gasteiger charge is 2.21. The van der Waals surface area contributed by atoms with Gasteiger partial charge in [0.2, 0.25) is 11.8 Å². The Hall–Kier alpha value is -2.18. The maximum absolute atomic E-state index is 5.11. The summed E-state index contributed by atoms with van der Waals surface area (Å²) in [7, 11) is 1.60. The summed E-state index contributed by atoms with van der Waals surface area (Å²) in [6.45, 7) is 4.34. The van der Waals surface area contributed by atoms with Crippen molar-refractivity contribution in [2.45, 2.75) is 20.0 Å². The molecule has 0 atom stereocenters. The monoisotopic (exact) mass is 246 g/mol. The summed E-state index contributed by atoms with van der Waals surface area (Å²) in [4.78, 5) is 10.7. The van der Waals surface area contributed by atoms with Crippen LogP contribution in [0.5, 0.6) is 5.88 Å². The second-order valence-corrected chi connectivity index (χ2v) is 4.14. The molecule has 0 amide bonds. The Morgan fingerprint density at radius 1 is 1.28 bits per heavy atom. The van der Waals surface area contributed by atoms with Crippen molar-refractivity contribution in [3.05, 3.63) is 23.9 Å². The number of ether oxygens (including phenoxy) is 1. The first kappa shape index (κ1) is 10.9. The summed E-state index contributed by atoms with van der Waals surface area (Å²) < 4.78 is 7.23. The number of hydrogen-bond acceptors (Lipinski definition) is 6. The van der Waals surface area contributed by atoms with Crippen molar-refractivity contribution in [1.29, 1.82) is 0 Å². The molecule has 0 saturated carbocycles. The summed E-state index contributed by atoms with van der Waals surface area (Å²) >= 11 is 0. The lowest BCUT2D eigenvalue weighted by Gasteiger charge is -2.27. The first-order valence-corrected chi connectivity index (χ1v) is 5.78. The van der Waals surface area contributed by atoms with Gasteiger partial charge in [-0.2, -0.15) is 4.98 Å². The van der Waals surface area contributed by atoms with Crippen LogP contribution in [0, 0.1) is 6.92 Å². The molecule has 7 nitrogen and oxygen atoms in total. The molecule has 0 saturated heterocycles. The van der Waals surface area contributed by atoms with Crippen molar-refractivity contribution in [3.8, 4) is 5.88 Å². The Kier molecular flexibility index (Phi) is 2.58. The van der Waals surface area contributed by atoms with Gasteiger partial charge < -0.3 is 14.2 Å². The highest BCUT2D eigenvalue weighted by molar-refractivity contribution is 5.33. The fraction of sp³-hybridized carbons (Fsp3) is 0.455. The van der Waals surface area contributed by atoms with Gasteiger partial charge in [0.15, 0.2) is 5.82 Å². The first-order valence-electron chi connectivity index (χ1n) is 5.78. The van der Waals surface area contributed by atoms with E-state index in [1.54, 1.807) is 19.4 Å². The molecule has 1 aliphatic rings. The molecule has 0 N–H and O–H groups in total. The van der Waals surface area contributed by atoms with E-state index in [1.165, 1.54) is 0 Å². The number of aromatic nitrogens is 5. The number of anilines is 1. The molecule has 0 unspecified atom stereocenters. The summed E-state index contributed by atoms with van der Waals surface area (Å²) in [5.41, 5.74) is 0. The van der Waals surface area contributed by atoms with Gasteiger partial charge in [0, 0.05) is 25.4 Å². The van der Waals surface area contributed by atoms with Crippen LogP contribution in [0.2, 0.25) is 0 Å². The van der Waals surface area contributed by atoms with E-state index in [1.807, 2.05) is 6.92 Å². The number of fused-ring (bicyclic) bond motifs is 1. The summed E-state index contributed by atoms with van der Waals surface area (Å²) in [5, 5.41) is 8.24. The van der Waals surface area contributed by atoms with E-state index in [9.17, 15) is 0 Å². The van der Waals surface area contributed by atoms with Crippen molar-refractivity contribution in [2.24, 2.45) is 0 Å². The maximum atomic E-state index is 5.11. The van der Waals surface area contributed by atoms with Gasteiger partial charge in [-0.1, -0.05) is 0 Å². The van der Waals surface area contributed by atoms with Crippen LogP contribution in [0.1, 0.15) is 11.6 Å². The molecule has 18 heavy (non-hydrogen) atoms. The van der Waals surface area contributed by atoms with Crippen molar-refractivity contribution < 1.29 is 4.74 Å². The van der Waals surface area contributed by atoms with Crippen LogP contribution < -0.4 is 9.64 Å². The zero-order chi connectivity index (χ0) is 12.5. The van der Waals surface area contributed by atoms with Crippen LogP contribution in [0.4, 0.5) is 5.95 Å². The topological polar surface area (TPSA) is 69.0 Å². The van der Waals surface area contributed by atoms with Crippen molar-refractivity contribution in [3.63, 3.8) is 0 Å². The van der Waals surface area contributed by atoms with Gasteiger partial charge in [0.25, 0.3) is 0 Å². The number of methoxy groups -OCH3 is 1. The number of aryl methyl sites for hydroxylation is 1. The molecule has 3 rings (SSSR count). The van der Waals surface area contributed by atoms with Gasteiger partial charge in [0.05, 0.1) is 13.7 Å². The van der Waals surface area contributed by atoms with E-state index in [4.69, 9.17) is 4.74 Å². The maximum Gasteiger partial charge on any atom is 0.229 e. The molecule has 94 valence electrons. The molecule has 2 aromatic heterocycles. The van der Waals surface area contributed by atoms with Crippen molar-refractivity contribution in [2.75, 3.05) is 18.6 Å². The van der Waals surface area contributed by atoms with Gasteiger partial charge in [-0.25, -0.2) is 4.98 Å². The molecule has 0 bridgehead atoms. The quantitative estimate of drug-likeness (QED) is 0.764. The highest BCUT2D eigenvalue weighted by atomic mass is 16.5. The predicted molar refractivity (Wildman–Crippen MR) is 64.4 cm³/mol. The van der Waals surface area contributed by atoms with Crippen LogP contribution in [0.15, 0.2) is 12.3 Å². The van der Waals surface area contributed by atoms with Crippen LogP contribution in [0.25, 0.3) is 0 Å². The van der Waals surface area contributed by atoms with E-state index in [2.05, 4.69) is 29.6 Å². The van der Waals surface area contributed by atoms with Gasteiger partial charge in [-0.15, -0.1) is 10.2 Å². The lowest BCUT2D eigenvalue weighted by atomic mass is 10.3. The molecular formula is C11H14N6O. The molecule has 0 aliphatic carbocycles. The molecular weight excluding hydrogens is 232 g/mol. The zero-order valence-electron chi connectivity index (χ0n) is 10.4. The molecule has 7 heteroatoms. The number of nitrogens with zero attached hydrogens (tertiary/aromatic N) is 6. The predicted octanol–water partition coefficient (Wildman–Crippen LogP) is 0.405. The minimum atomic E-state index is 0.572. The van der Waals surface area contributed by atoms with Crippen molar-refractivity contribution >= 4 is 5.95 Å². The lowest BCUT2D eigenvalue weighted by Crippen LogP contribution is -2.35. The third-order valence-electron chi connectivity index (χ3n) is 3.05. The van der Waals surface area contributed by atoms with Crippen LogP contribution in [-0.2, 0) is 13.1 Å². The van der Waals surface area contributed by atoms with E-state index in [0.29, 0.717) is 18.4 Å². The molecule has 3 heterocycles. The van der Waals surface area contributed by atoms with E-state index >= 15 is 0 Å². The normalized spacial score (nSPS) is 14.4. The van der Waals surface area contributed by atoms with Crippen LogP contribution in [-0.4, -0.2) is 38.4 Å². The number of rotatable bonds is 2. The fourth-order valence-electron chi connectivity index (χ4n) is 2.07. The van der Waals surface area contributed by atoms with Gasteiger partial charge >= 0.3 is 0 Å². The average Bonchev–Trinajstić information content (AvgIpc) is 2.80. The zero-order valence-corrected chi connectivity index (χ0v) is 10.4. The van der Waals surface area contributed by atoms with E-state index in [0.717, 1.165) is 24.7 Å². The highest BCUT2D eigenvalue weighted by Crippen LogP contribution is 2.18. The minimum absolute atomic E-state index is 0.572. The number of hydrogen-bond donors (Lipinski definition) is 0. The smallest absolute Gasteiger partial charge is 0.229 e. The molecule has 0 aromatic carbocycles. The Morgan fingerprint density at radius 2 is 2.17 bits per heavy atom. The van der Waals surface area contributed by atoms with Crippen molar-refractivity contribution in [1.82, 2.24) is 24.7 Å². The van der Waals surface area contributed by atoms with Crippen LogP contribution >= 0.6 is 0 Å². The molecule has 0 radical (unpaired) electrons. The SMILES string of the molecule is COc1ccnc(N2CCn3c(C)nnc3C2)n1. The van der Waals surface area contributed by atoms with E-state index in [-0.39, 0.29) is 0 Å². The fourth-order valence-corrected chi connectivity index (χ4v) is 2.07. The lowest BCUT2D eigenvalue weighted by molar-refractivity contribution is 0.396. The summed E-state index contributed by atoms with van der Waals surface area (Å²) in [6.07, 6.45) is 1.70. The third-order valence-corrected chi connectivity index (χ3v) is 3.05. The van der Waals surface area contributed by atoms with Gasteiger partial charge in [0.1, 0.15) is 5.82 Å². The Labute approximate surface area is 104 Å². The third kappa shape index (κ3) is 1.77. The summed E-state index contributed by atoms with van der Waals surface area (Å²) in [5.74, 6) is 3.14. The molecule has 2 aromatic rings. The summed E-state index contributed by atoms with van der Waals surface area (Å²) in [6, 6.07) is 1.74. The van der Waals surface area contributed by atoms with Gasteiger partial charge in [-0.3, -0.25) is 0 Å². The van der Waals surface area contributed by atoms with Crippen LogP contribution in [0.3, 0.4) is 0 Å². The largest absolute Gasteiger partial charge is 0.481 e. The average molecular weight is 246 g/mol. The Morgan fingerprint density at radius 3 is 3.00 bits per heavy atom. The Bertz CT molecular complexity index is 566. The molecule has 0 spiro atoms.